The fourth-order valence-corrected chi connectivity index (χ4v) is 6.38. The van der Waals surface area contributed by atoms with Crippen molar-refractivity contribution in [2.45, 2.75) is 43.1 Å². The maximum absolute atomic E-state index is 6.35. The molecule has 12 heavy (non-hydrogen) atoms. The Morgan fingerprint density at radius 3 is 2.25 bits per heavy atom. The molecule has 0 aromatic carbocycles. The molecule has 2 N–H and O–H groups in total. The van der Waals surface area contributed by atoms with Crippen LogP contribution in [0.5, 0.6) is 0 Å². The lowest BCUT2D eigenvalue weighted by atomic mass is 10.1. The molecular formula is C7H15Cl3OSi. The SMILES string of the molecule is CCC1(Cl)CCCC[Si]1(Cl)Cl.O. The maximum atomic E-state index is 6.35. The number of halogens is 3. The zero-order valence-electron chi connectivity index (χ0n) is 7.17. The second kappa shape index (κ2) is 4.51. The summed E-state index contributed by atoms with van der Waals surface area (Å²) in [4.78, 5) is 0. The first-order valence-electron chi connectivity index (χ1n) is 4.08. The van der Waals surface area contributed by atoms with Crippen LogP contribution < -0.4 is 0 Å². The number of alkyl halides is 1. The van der Waals surface area contributed by atoms with Gasteiger partial charge in [0.2, 0.25) is 0 Å². The molecule has 0 saturated carbocycles. The molecule has 1 fully saturated rings. The minimum absolute atomic E-state index is 0. The Bertz CT molecular complexity index is 154. The molecular weight excluding hydrogens is 235 g/mol. The molecule has 0 aromatic rings. The summed E-state index contributed by atoms with van der Waals surface area (Å²) in [6.45, 7) is -0.0600. The van der Waals surface area contributed by atoms with Crippen LogP contribution in [0, 0.1) is 0 Å². The van der Waals surface area contributed by atoms with Gasteiger partial charge in [0.25, 0.3) is 6.69 Å². The van der Waals surface area contributed by atoms with Gasteiger partial charge in [-0.25, -0.2) is 0 Å². The van der Waals surface area contributed by atoms with Crippen LogP contribution in [0.25, 0.3) is 0 Å². The lowest BCUT2D eigenvalue weighted by Gasteiger charge is -2.39. The highest BCUT2D eigenvalue weighted by Gasteiger charge is 2.51. The van der Waals surface area contributed by atoms with Crippen molar-refractivity contribution in [2.24, 2.45) is 0 Å². The molecule has 1 unspecified atom stereocenters. The summed E-state index contributed by atoms with van der Waals surface area (Å²) in [6.07, 6.45) is 4.26. The molecule has 1 atom stereocenters. The molecule has 0 radical (unpaired) electrons. The van der Waals surface area contributed by atoms with Gasteiger partial charge in [-0.1, -0.05) is 19.8 Å². The highest BCUT2D eigenvalue weighted by atomic mass is 35.7. The Labute approximate surface area is 89.1 Å². The predicted octanol–water partition coefficient (Wildman–Crippen LogP) is 3.19. The van der Waals surface area contributed by atoms with Gasteiger partial charge in [0, 0.05) is 0 Å². The van der Waals surface area contributed by atoms with E-state index in [1.54, 1.807) is 0 Å². The fourth-order valence-electron chi connectivity index (χ4n) is 1.59. The third-order valence-electron chi connectivity index (χ3n) is 2.53. The van der Waals surface area contributed by atoms with Gasteiger partial charge >= 0.3 is 0 Å². The van der Waals surface area contributed by atoms with Crippen molar-refractivity contribution in [3.63, 3.8) is 0 Å². The first-order valence-corrected chi connectivity index (χ1v) is 8.69. The van der Waals surface area contributed by atoms with E-state index in [9.17, 15) is 0 Å². The van der Waals surface area contributed by atoms with E-state index in [0.717, 1.165) is 25.3 Å². The number of hydrogen-bond donors (Lipinski definition) is 0. The third-order valence-corrected chi connectivity index (χ3v) is 10.7. The normalized spacial score (nSPS) is 34.0. The van der Waals surface area contributed by atoms with Crippen molar-refractivity contribution in [2.75, 3.05) is 0 Å². The zero-order valence-corrected chi connectivity index (χ0v) is 10.4. The summed E-state index contributed by atoms with van der Waals surface area (Å²) in [5.74, 6) is 0. The van der Waals surface area contributed by atoms with Gasteiger partial charge in [-0.15, -0.1) is 33.8 Å². The molecule has 74 valence electrons. The highest BCUT2D eigenvalue weighted by Crippen LogP contribution is 2.47. The summed E-state index contributed by atoms with van der Waals surface area (Å²) in [7, 11) is 0. The van der Waals surface area contributed by atoms with Gasteiger partial charge in [-0.2, -0.15) is 0 Å². The molecule has 0 bridgehead atoms. The van der Waals surface area contributed by atoms with Gasteiger partial charge in [0.05, 0.1) is 4.50 Å². The van der Waals surface area contributed by atoms with E-state index in [0.29, 0.717) is 0 Å². The van der Waals surface area contributed by atoms with Crippen LogP contribution in [-0.4, -0.2) is 16.7 Å². The molecule has 1 saturated heterocycles. The van der Waals surface area contributed by atoms with Crippen molar-refractivity contribution in [1.82, 2.24) is 0 Å². The Hall–Kier alpha value is 1.05. The van der Waals surface area contributed by atoms with E-state index in [1.807, 2.05) is 0 Å². The second-order valence-corrected chi connectivity index (χ2v) is 11.6. The molecule has 0 aliphatic carbocycles. The van der Waals surface area contributed by atoms with E-state index in [1.165, 1.54) is 6.42 Å². The molecule has 1 aliphatic heterocycles. The van der Waals surface area contributed by atoms with Crippen molar-refractivity contribution in [3.05, 3.63) is 0 Å². The molecule has 1 rings (SSSR count). The van der Waals surface area contributed by atoms with Crippen molar-refractivity contribution in [3.8, 4) is 0 Å². The van der Waals surface area contributed by atoms with E-state index < -0.39 is 6.69 Å². The lowest BCUT2D eigenvalue weighted by Crippen LogP contribution is -2.48. The quantitative estimate of drug-likeness (QED) is 0.388. The van der Waals surface area contributed by atoms with Crippen molar-refractivity contribution in [1.29, 1.82) is 0 Å². The van der Waals surface area contributed by atoms with E-state index in [-0.39, 0.29) is 9.97 Å². The van der Waals surface area contributed by atoms with Crippen LogP contribution in [0.3, 0.4) is 0 Å². The van der Waals surface area contributed by atoms with Gasteiger partial charge in [0.15, 0.2) is 0 Å². The van der Waals surface area contributed by atoms with Crippen LogP contribution in [0.2, 0.25) is 6.04 Å². The molecule has 1 heterocycles. The van der Waals surface area contributed by atoms with Crippen LogP contribution >= 0.6 is 33.8 Å². The summed E-state index contributed by atoms with van der Waals surface area (Å²) in [6, 6.07) is 0.966. The van der Waals surface area contributed by atoms with Crippen LogP contribution in [0.15, 0.2) is 0 Å². The topological polar surface area (TPSA) is 31.5 Å². The summed E-state index contributed by atoms with van der Waals surface area (Å²) < 4.78 is -0.242. The Kier molecular flexibility index (Phi) is 4.91. The van der Waals surface area contributed by atoms with E-state index in [4.69, 9.17) is 33.8 Å². The van der Waals surface area contributed by atoms with Crippen molar-refractivity contribution >= 4 is 40.5 Å². The fraction of sp³-hybridized carbons (Fsp3) is 1.00. The largest absolute Gasteiger partial charge is 0.412 e. The third kappa shape index (κ3) is 2.29. The van der Waals surface area contributed by atoms with Crippen molar-refractivity contribution < 1.29 is 5.48 Å². The van der Waals surface area contributed by atoms with Crippen LogP contribution in [0.1, 0.15) is 32.6 Å². The Morgan fingerprint density at radius 1 is 1.33 bits per heavy atom. The summed E-state index contributed by atoms with van der Waals surface area (Å²) in [5.41, 5.74) is 0. The Morgan fingerprint density at radius 2 is 1.92 bits per heavy atom. The van der Waals surface area contributed by atoms with Crippen LogP contribution in [-0.2, 0) is 0 Å². The van der Waals surface area contributed by atoms with E-state index in [2.05, 4.69) is 6.92 Å². The average molecular weight is 250 g/mol. The number of hydrogen-bond acceptors (Lipinski definition) is 0. The first kappa shape index (κ1) is 13.0. The molecule has 0 spiro atoms. The molecule has 0 amide bonds. The maximum Gasteiger partial charge on any atom is 0.271 e. The number of rotatable bonds is 1. The van der Waals surface area contributed by atoms with Gasteiger partial charge < -0.3 is 5.48 Å². The second-order valence-electron chi connectivity index (χ2n) is 3.23. The molecule has 1 aliphatic rings. The predicted molar refractivity (Wildman–Crippen MR) is 58.6 cm³/mol. The van der Waals surface area contributed by atoms with Gasteiger partial charge in [-0.3, -0.25) is 0 Å². The molecule has 5 heteroatoms. The highest BCUT2D eigenvalue weighted by molar-refractivity contribution is 7.48. The zero-order chi connectivity index (χ0) is 8.54. The van der Waals surface area contributed by atoms with Crippen LogP contribution in [0.4, 0.5) is 0 Å². The van der Waals surface area contributed by atoms with Gasteiger partial charge in [0.1, 0.15) is 0 Å². The average Bonchev–Trinajstić information content (AvgIpc) is 1.95. The first-order chi connectivity index (χ1) is 5.02. The molecule has 1 nitrogen and oxygen atoms in total. The van der Waals surface area contributed by atoms with Gasteiger partial charge in [-0.05, 0) is 18.9 Å². The Balaban J connectivity index is 0.00000121. The molecule has 0 aromatic heterocycles. The minimum Gasteiger partial charge on any atom is -0.412 e. The summed E-state index contributed by atoms with van der Waals surface area (Å²) in [5, 5.41) is 0. The lowest BCUT2D eigenvalue weighted by molar-refractivity contribution is 0.573. The minimum atomic E-state index is -2.13. The monoisotopic (exact) mass is 248 g/mol. The smallest absolute Gasteiger partial charge is 0.271 e. The summed E-state index contributed by atoms with van der Waals surface area (Å²) >= 11 is 18.9. The standard InChI is InChI=1S/C7H13Cl3Si.H2O/c1-2-7(8)5-3-4-6-11(7,9)10;/h2-6H2,1H3;1H2. The van der Waals surface area contributed by atoms with E-state index >= 15 is 0 Å².